The largest absolute Gasteiger partial charge is 0.494 e. The van der Waals surface area contributed by atoms with Crippen LogP contribution in [-0.2, 0) is 4.74 Å². The first kappa shape index (κ1) is 24.7. The predicted molar refractivity (Wildman–Crippen MR) is 141 cm³/mol. The Labute approximate surface area is 217 Å². The topological polar surface area (TPSA) is 98.0 Å². The number of nitrogens with zero attached hydrogens (tertiary/aromatic N) is 4. The van der Waals surface area contributed by atoms with Gasteiger partial charge in [-0.1, -0.05) is 22.9 Å². The number of ether oxygens (including phenoxy) is 2. The monoisotopic (exact) mass is 530 g/mol. The Morgan fingerprint density at radius 2 is 2.08 bits per heavy atom. The number of amides is 1. The van der Waals surface area contributed by atoms with Gasteiger partial charge >= 0.3 is 0 Å². The van der Waals surface area contributed by atoms with Crippen LogP contribution in [0.1, 0.15) is 42.5 Å². The number of halogens is 1. The van der Waals surface area contributed by atoms with Crippen molar-refractivity contribution >= 4 is 55.6 Å². The minimum Gasteiger partial charge on any atom is -0.494 e. The van der Waals surface area contributed by atoms with Gasteiger partial charge in [-0.2, -0.15) is 0 Å². The van der Waals surface area contributed by atoms with E-state index in [0.29, 0.717) is 45.0 Å². The Bertz CT molecular complexity index is 1290. The van der Waals surface area contributed by atoms with Crippen LogP contribution in [0.5, 0.6) is 5.75 Å². The first-order valence-corrected chi connectivity index (χ1v) is 13.3. The molecule has 2 fully saturated rings. The fourth-order valence-electron chi connectivity index (χ4n) is 4.82. The summed E-state index contributed by atoms with van der Waals surface area (Å²) in [6, 6.07) is 8.22. The second-order valence-electron chi connectivity index (χ2n) is 8.98. The summed E-state index contributed by atoms with van der Waals surface area (Å²) in [5.74, 6) is 0.191. The van der Waals surface area contributed by atoms with Crippen LogP contribution in [-0.4, -0.2) is 55.3 Å². The number of aromatic nitrogens is 1. The molecule has 0 spiro atoms. The van der Waals surface area contributed by atoms with E-state index >= 15 is 0 Å². The minimum absolute atomic E-state index is 0.0613. The number of anilines is 2. The second kappa shape index (κ2) is 10.6. The molecule has 36 heavy (non-hydrogen) atoms. The van der Waals surface area contributed by atoms with Crippen molar-refractivity contribution in [1.82, 2.24) is 4.98 Å². The number of methoxy groups -OCH3 is 1. The average Bonchev–Trinajstić information content (AvgIpc) is 3.58. The number of rotatable bonds is 7. The molecule has 0 bridgehead atoms. The molecule has 5 rings (SSSR count). The number of piperidine rings is 1. The molecule has 1 atom stereocenters. The molecule has 0 aliphatic carbocycles. The number of hydrogen-bond acceptors (Lipinski definition) is 8. The Morgan fingerprint density at radius 3 is 2.78 bits per heavy atom. The third kappa shape index (κ3) is 4.85. The van der Waals surface area contributed by atoms with Crippen LogP contribution in [0.15, 0.2) is 30.3 Å². The molecular formula is C25H27ClN4O5S. The summed E-state index contributed by atoms with van der Waals surface area (Å²) in [7, 11) is 1.56. The van der Waals surface area contributed by atoms with Crippen molar-refractivity contribution in [3.63, 3.8) is 0 Å². The third-order valence-corrected chi connectivity index (χ3v) is 8.21. The van der Waals surface area contributed by atoms with Crippen LogP contribution < -0.4 is 14.5 Å². The molecule has 3 heterocycles. The lowest BCUT2D eigenvalue weighted by atomic mass is 10.1. The van der Waals surface area contributed by atoms with Crippen LogP contribution in [0, 0.1) is 10.1 Å². The molecule has 3 aromatic rings. The van der Waals surface area contributed by atoms with Crippen molar-refractivity contribution in [3.05, 3.63) is 51.0 Å². The van der Waals surface area contributed by atoms with Gasteiger partial charge in [-0.3, -0.25) is 19.8 Å². The van der Waals surface area contributed by atoms with Crippen molar-refractivity contribution in [2.24, 2.45) is 0 Å². The van der Waals surface area contributed by atoms with Gasteiger partial charge in [-0.25, -0.2) is 4.98 Å². The highest BCUT2D eigenvalue weighted by Crippen LogP contribution is 2.40. The molecule has 2 aromatic carbocycles. The molecule has 1 amide bonds. The molecule has 190 valence electrons. The van der Waals surface area contributed by atoms with Gasteiger partial charge in [0, 0.05) is 31.3 Å². The molecule has 0 N–H and O–H groups in total. The molecule has 2 aliphatic rings. The third-order valence-electron chi connectivity index (χ3n) is 6.67. The average molecular weight is 531 g/mol. The summed E-state index contributed by atoms with van der Waals surface area (Å²) in [5.41, 5.74) is 1.30. The van der Waals surface area contributed by atoms with Crippen molar-refractivity contribution in [3.8, 4) is 5.75 Å². The lowest BCUT2D eigenvalue weighted by Crippen LogP contribution is -2.37. The maximum Gasteiger partial charge on any atom is 0.293 e. The van der Waals surface area contributed by atoms with Crippen LogP contribution in [0.3, 0.4) is 0 Å². The second-order valence-corrected chi connectivity index (χ2v) is 10.4. The number of nitro groups is 1. The van der Waals surface area contributed by atoms with E-state index in [-0.39, 0.29) is 23.3 Å². The SMILES string of the molecule is COc1ccc(Cl)c2sc(N(CC3CCCO3)C(=O)c3ccc(N4CCCCC4)c([N+](=O)[O-])c3)nc12. The van der Waals surface area contributed by atoms with Crippen LogP contribution in [0.2, 0.25) is 5.02 Å². The Morgan fingerprint density at radius 1 is 1.28 bits per heavy atom. The van der Waals surface area contributed by atoms with Gasteiger partial charge in [0.25, 0.3) is 11.6 Å². The number of thiazole rings is 1. The first-order valence-electron chi connectivity index (χ1n) is 12.1. The van der Waals surface area contributed by atoms with Gasteiger partial charge in [-0.05, 0) is 56.4 Å². The summed E-state index contributed by atoms with van der Waals surface area (Å²) in [5, 5.41) is 12.9. The quantitative estimate of drug-likeness (QED) is 0.286. The zero-order valence-corrected chi connectivity index (χ0v) is 21.5. The molecule has 2 saturated heterocycles. The normalized spacial score (nSPS) is 17.9. The predicted octanol–water partition coefficient (Wildman–Crippen LogP) is 5.68. The number of fused-ring (bicyclic) bond motifs is 1. The van der Waals surface area contributed by atoms with Crippen LogP contribution in [0.4, 0.5) is 16.5 Å². The fourth-order valence-corrected chi connectivity index (χ4v) is 6.09. The highest BCUT2D eigenvalue weighted by molar-refractivity contribution is 7.23. The summed E-state index contributed by atoms with van der Waals surface area (Å²) in [6.45, 7) is 2.48. The summed E-state index contributed by atoms with van der Waals surface area (Å²) < 4.78 is 12.0. The van der Waals surface area contributed by atoms with E-state index in [9.17, 15) is 14.9 Å². The van der Waals surface area contributed by atoms with Crippen molar-refractivity contribution in [1.29, 1.82) is 0 Å². The molecule has 0 radical (unpaired) electrons. The highest BCUT2D eigenvalue weighted by Gasteiger charge is 2.30. The lowest BCUT2D eigenvalue weighted by molar-refractivity contribution is -0.384. The molecule has 0 saturated carbocycles. The van der Waals surface area contributed by atoms with Crippen molar-refractivity contribution < 1.29 is 19.2 Å². The number of benzene rings is 2. The van der Waals surface area contributed by atoms with E-state index in [4.69, 9.17) is 26.1 Å². The molecule has 9 nitrogen and oxygen atoms in total. The molecule has 11 heteroatoms. The Hall–Kier alpha value is -2.95. The minimum atomic E-state index is -0.409. The summed E-state index contributed by atoms with van der Waals surface area (Å²) in [6.07, 6.45) is 4.72. The van der Waals surface area contributed by atoms with E-state index in [0.717, 1.165) is 45.2 Å². The van der Waals surface area contributed by atoms with Crippen LogP contribution in [0.25, 0.3) is 10.2 Å². The van der Waals surface area contributed by atoms with E-state index in [1.54, 1.807) is 36.3 Å². The van der Waals surface area contributed by atoms with E-state index in [1.165, 1.54) is 17.4 Å². The number of hydrogen-bond donors (Lipinski definition) is 0. The smallest absolute Gasteiger partial charge is 0.293 e. The number of carbonyl (C=O) groups excluding carboxylic acids is 1. The Balaban J connectivity index is 1.54. The van der Waals surface area contributed by atoms with Gasteiger partial charge in [0.15, 0.2) is 5.13 Å². The first-order chi connectivity index (χ1) is 17.5. The summed E-state index contributed by atoms with van der Waals surface area (Å²) in [4.78, 5) is 33.7. The van der Waals surface area contributed by atoms with Crippen LogP contribution >= 0.6 is 22.9 Å². The molecule has 2 aliphatic heterocycles. The van der Waals surface area contributed by atoms with Gasteiger partial charge in [0.05, 0.1) is 34.4 Å². The van der Waals surface area contributed by atoms with Gasteiger partial charge in [-0.15, -0.1) is 0 Å². The standard InChI is InChI=1S/C25H27ClN4O5S/c1-34-21-10-8-18(26)23-22(21)27-25(36-23)29(15-17-6-5-13-35-17)24(31)16-7-9-19(20(14-16)30(32)33)28-11-3-2-4-12-28/h7-10,14,17H,2-6,11-13,15H2,1H3. The van der Waals surface area contributed by atoms with E-state index < -0.39 is 4.92 Å². The van der Waals surface area contributed by atoms with Gasteiger partial charge in [0.1, 0.15) is 17.0 Å². The lowest BCUT2D eigenvalue weighted by Gasteiger charge is -2.28. The fraction of sp³-hybridized carbons (Fsp3) is 0.440. The Kier molecular flexibility index (Phi) is 7.27. The van der Waals surface area contributed by atoms with Gasteiger partial charge < -0.3 is 14.4 Å². The number of carbonyl (C=O) groups is 1. The maximum atomic E-state index is 13.8. The van der Waals surface area contributed by atoms with Gasteiger partial charge in [0.2, 0.25) is 0 Å². The molecule has 1 unspecified atom stereocenters. The summed E-state index contributed by atoms with van der Waals surface area (Å²) >= 11 is 7.71. The van der Waals surface area contributed by atoms with E-state index in [1.807, 2.05) is 4.90 Å². The number of nitro benzene ring substituents is 1. The highest BCUT2D eigenvalue weighted by atomic mass is 35.5. The maximum absolute atomic E-state index is 13.8. The zero-order chi connectivity index (χ0) is 25.2. The molecular weight excluding hydrogens is 504 g/mol. The van der Waals surface area contributed by atoms with Crippen molar-refractivity contribution in [2.75, 3.05) is 43.2 Å². The zero-order valence-electron chi connectivity index (χ0n) is 19.9. The molecule has 1 aromatic heterocycles. The van der Waals surface area contributed by atoms with E-state index in [2.05, 4.69) is 0 Å². The van der Waals surface area contributed by atoms with Crippen molar-refractivity contribution in [2.45, 2.75) is 38.2 Å².